The van der Waals surface area contributed by atoms with Gasteiger partial charge >= 0.3 is 0 Å². The molecule has 8 heteroatoms. The molecule has 1 amide bonds. The van der Waals surface area contributed by atoms with Crippen molar-refractivity contribution < 1.29 is 13.2 Å². The summed E-state index contributed by atoms with van der Waals surface area (Å²) in [5, 5.41) is 7.01. The van der Waals surface area contributed by atoms with E-state index in [0.29, 0.717) is 12.1 Å². The fraction of sp³-hybridized carbons (Fsp3) is 0.364. The molecule has 0 aromatic heterocycles. The zero-order chi connectivity index (χ0) is 21.3. The number of amidine groups is 1. The van der Waals surface area contributed by atoms with Gasteiger partial charge in [0.05, 0.1) is 17.5 Å². The highest BCUT2D eigenvalue weighted by Gasteiger charge is 2.42. The zero-order valence-corrected chi connectivity index (χ0v) is 18.6. The van der Waals surface area contributed by atoms with Crippen molar-refractivity contribution in [2.75, 3.05) is 23.4 Å². The Kier molecular flexibility index (Phi) is 5.88. The van der Waals surface area contributed by atoms with Gasteiger partial charge in [-0.3, -0.25) is 9.79 Å². The fourth-order valence-corrected chi connectivity index (χ4v) is 7.34. The monoisotopic (exact) mass is 443 g/mol. The van der Waals surface area contributed by atoms with Crippen LogP contribution in [0.25, 0.3) is 0 Å². The predicted molar refractivity (Wildman–Crippen MR) is 123 cm³/mol. The van der Waals surface area contributed by atoms with Gasteiger partial charge in [0.2, 0.25) is 0 Å². The van der Waals surface area contributed by atoms with Crippen molar-refractivity contribution >= 4 is 38.4 Å². The molecule has 2 aliphatic heterocycles. The standard InChI is InChI=1S/C22H25N3O3S2/c1-14-8-9-17(21(26)23-11-15(2)16-6-4-3-5-7-16)10-18(14)24-22-25-19-12-30(27,28)13-20(19)29-22/h3-10,15,19-20H,11-13H2,1-2H3,(H,23,26)(H,24,25)/t15-,19+,20-/m0/s1. The summed E-state index contributed by atoms with van der Waals surface area (Å²) < 4.78 is 23.5. The topological polar surface area (TPSA) is 87.6 Å². The average Bonchev–Trinajstić information content (AvgIpc) is 3.20. The summed E-state index contributed by atoms with van der Waals surface area (Å²) >= 11 is 1.47. The van der Waals surface area contributed by atoms with Gasteiger partial charge in [-0.1, -0.05) is 55.1 Å². The van der Waals surface area contributed by atoms with Gasteiger partial charge in [-0.25, -0.2) is 8.42 Å². The normalized spacial score (nSPS) is 22.8. The molecule has 0 bridgehead atoms. The molecular weight excluding hydrogens is 418 g/mol. The maximum atomic E-state index is 12.7. The molecule has 4 rings (SSSR count). The predicted octanol–water partition coefficient (Wildman–Crippen LogP) is 3.21. The molecule has 6 nitrogen and oxygen atoms in total. The van der Waals surface area contributed by atoms with Crippen LogP contribution in [0.3, 0.4) is 0 Å². The molecule has 2 heterocycles. The van der Waals surface area contributed by atoms with E-state index in [4.69, 9.17) is 0 Å². The molecule has 2 aromatic carbocycles. The summed E-state index contributed by atoms with van der Waals surface area (Å²) in [6.45, 7) is 4.61. The molecule has 0 spiro atoms. The largest absolute Gasteiger partial charge is 0.351 e. The van der Waals surface area contributed by atoms with Crippen LogP contribution < -0.4 is 10.6 Å². The molecule has 2 aliphatic rings. The number of hydrogen-bond acceptors (Lipinski definition) is 6. The van der Waals surface area contributed by atoms with Crippen molar-refractivity contribution in [3.63, 3.8) is 0 Å². The smallest absolute Gasteiger partial charge is 0.251 e. The third-order valence-corrected chi connectivity index (χ3v) is 8.64. The SMILES string of the molecule is Cc1ccc(C(=O)NC[C@H](C)c2ccccc2)cc1NC1=N[C@@H]2CS(=O)(=O)C[C@@H]2S1. The lowest BCUT2D eigenvalue weighted by atomic mass is 10.0. The minimum absolute atomic E-state index is 0.0104. The first-order valence-electron chi connectivity index (χ1n) is 9.96. The third kappa shape index (κ3) is 4.70. The van der Waals surface area contributed by atoms with Crippen molar-refractivity contribution in [1.82, 2.24) is 5.32 Å². The number of amides is 1. The molecule has 0 radical (unpaired) electrons. The van der Waals surface area contributed by atoms with E-state index in [-0.39, 0.29) is 34.6 Å². The Bertz CT molecular complexity index is 1080. The molecule has 0 unspecified atom stereocenters. The Morgan fingerprint density at radius 2 is 1.97 bits per heavy atom. The van der Waals surface area contributed by atoms with Gasteiger partial charge in [0.25, 0.3) is 5.91 Å². The van der Waals surface area contributed by atoms with Crippen LogP contribution in [-0.2, 0) is 9.84 Å². The number of sulfone groups is 1. The second kappa shape index (κ2) is 8.43. The van der Waals surface area contributed by atoms with E-state index in [1.165, 1.54) is 17.3 Å². The number of hydrogen-bond donors (Lipinski definition) is 2. The Morgan fingerprint density at radius 3 is 2.70 bits per heavy atom. The van der Waals surface area contributed by atoms with Crippen molar-refractivity contribution in [1.29, 1.82) is 0 Å². The van der Waals surface area contributed by atoms with Crippen molar-refractivity contribution in [2.24, 2.45) is 4.99 Å². The van der Waals surface area contributed by atoms with Gasteiger partial charge < -0.3 is 10.6 Å². The minimum Gasteiger partial charge on any atom is -0.351 e. The van der Waals surface area contributed by atoms with Gasteiger partial charge in [0.15, 0.2) is 15.0 Å². The van der Waals surface area contributed by atoms with Crippen LogP contribution in [0.15, 0.2) is 53.5 Å². The first kappa shape index (κ1) is 20.9. The number of fused-ring (bicyclic) bond motifs is 1. The number of carbonyl (C=O) groups is 1. The lowest BCUT2D eigenvalue weighted by Gasteiger charge is -2.15. The summed E-state index contributed by atoms with van der Waals surface area (Å²) in [7, 11) is -2.97. The van der Waals surface area contributed by atoms with Gasteiger partial charge in [0.1, 0.15) is 0 Å². The van der Waals surface area contributed by atoms with Crippen LogP contribution in [0, 0.1) is 6.92 Å². The number of aryl methyl sites for hydroxylation is 1. The third-order valence-electron chi connectivity index (χ3n) is 5.50. The number of thioether (sulfide) groups is 1. The molecule has 0 saturated carbocycles. The van der Waals surface area contributed by atoms with E-state index in [2.05, 4.69) is 34.7 Å². The van der Waals surface area contributed by atoms with E-state index >= 15 is 0 Å². The highest BCUT2D eigenvalue weighted by molar-refractivity contribution is 8.15. The van der Waals surface area contributed by atoms with Crippen molar-refractivity contribution in [2.45, 2.75) is 31.1 Å². The van der Waals surface area contributed by atoms with Gasteiger partial charge in [-0.15, -0.1) is 0 Å². The quantitative estimate of drug-likeness (QED) is 0.741. The lowest BCUT2D eigenvalue weighted by Crippen LogP contribution is -2.27. The Morgan fingerprint density at radius 1 is 1.20 bits per heavy atom. The molecule has 1 fully saturated rings. The molecule has 0 aliphatic carbocycles. The van der Waals surface area contributed by atoms with Crippen LogP contribution in [-0.4, -0.2) is 48.8 Å². The molecule has 158 valence electrons. The van der Waals surface area contributed by atoms with E-state index in [1.807, 2.05) is 43.3 Å². The Hall–Kier alpha value is -2.32. The summed E-state index contributed by atoms with van der Waals surface area (Å²) in [6, 6.07) is 15.5. The van der Waals surface area contributed by atoms with E-state index in [1.54, 1.807) is 0 Å². The highest BCUT2D eigenvalue weighted by atomic mass is 32.2. The van der Waals surface area contributed by atoms with Gasteiger partial charge in [-0.2, -0.15) is 0 Å². The first-order chi connectivity index (χ1) is 14.3. The second-order valence-electron chi connectivity index (χ2n) is 7.91. The molecule has 30 heavy (non-hydrogen) atoms. The maximum absolute atomic E-state index is 12.7. The fourth-order valence-electron chi connectivity index (χ4n) is 3.68. The number of anilines is 1. The lowest BCUT2D eigenvalue weighted by molar-refractivity contribution is 0.0951. The van der Waals surface area contributed by atoms with Crippen molar-refractivity contribution in [3.8, 4) is 0 Å². The minimum atomic E-state index is -2.97. The number of nitrogens with zero attached hydrogens (tertiary/aromatic N) is 1. The van der Waals surface area contributed by atoms with E-state index < -0.39 is 9.84 Å². The molecule has 3 atom stereocenters. The molecule has 1 saturated heterocycles. The summed E-state index contributed by atoms with van der Waals surface area (Å²) in [5.74, 6) is 0.400. The number of benzene rings is 2. The van der Waals surface area contributed by atoms with Crippen LogP contribution in [0.1, 0.15) is 34.3 Å². The van der Waals surface area contributed by atoms with Crippen molar-refractivity contribution in [3.05, 3.63) is 65.2 Å². The van der Waals surface area contributed by atoms with Crippen LogP contribution in [0.2, 0.25) is 0 Å². The first-order valence-corrected chi connectivity index (χ1v) is 12.7. The highest BCUT2D eigenvalue weighted by Crippen LogP contribution is 2.35. The Labute approximate surface area is 181 Å². The van der Waals surface area contributed by atoms with E-state index in [0.717, 1.165) is 16.4 Å². The maximum Gasteiger partial charge on any atom is 0.251 e. The molecule has 2 aromatic rings. The molecule has 2 N–H and O–H groups in total. The molecular formula is C22H25N3O3S2. The second-order valence-corrected chi connectivity index (χ2v) is 11.3. The van der Waals surface area contributed by atoms with Gasteiger partial charge in [0, 0.05) is 23.0 Å². The number of rotatable bonds is 5. The summed E-state index contributed by atoms with van der Waals surface area (Å²) in [5.41, 5.74) is 3.58. The summed E-state index contributed by atoms with van der Waals surface area (Å²) in [6.07, 6.45) is 0. The van der Waals surface area contributed by atoms with Crippen LogP contribution in [0.4, 0.5) is 5.69 Å². The number of carbonyl (C=O) groups excluding carboxylic acids is 1. The van der Waals surface area contributed by atoms with E-state index in [9.17, 15) is 13.2 Å². The van der Waals surface area contributed by atoms with Crippen LogP contribution in [0.5, 0.6) is 0 Å². The van der Waals surface area contributed by atoms with Gasteiger partial charge in [-0.05, 0) is 36.1 Å². The zero-order valence-electron chi connectivity index (χ0n) is 17.0. The number of aliphatic imine (C=N–C) groups is 1. The van der Waals surface area contributed by atoms with Crippen LogP contribution >= 0.6 is 11.8 Å². The number of nitrogens with one attached hydrogen (secondary N) is 2. The average molecular weight is 444 g/mol. The Balaban J connectivity index is 1.40. The summed E-state index contributed by atoms with van der Waals surface area (Å²) in [4.78, 5) is 17.2.